The fraction of sp³-hybridized carbons (Fsp3) is 0.190. The highest BCUT2D eigenvalue weighted by atomic mass is 16.5. The first-order valence-corrected chi connectivity index (χ1v) is 9.23. The minimum Gasteiger partial charge on any atom is -0.497 e. The van der Waals surface area contributed by atoms with Gasteiger partial charge in [0.05, 0.1) is 30.7 Å². The molecule has 2 aliphatic heterocycles. The lowest BCUT2D eigenvalue weighted by Gasteiger charge is -2.22. The molecule has 2 aromatic rings. The summed E-state index contributed by atoms with van der Waals surface area (Å²) >= 11 is 0. The second-order valence-electron chi connectivity index (χ2n) is 6.81. The highest BCUT2D eigenvalue weighted by molar-refractivity contribution is 6.22. The van der Waals surface area contributed by atoms with E-state index in [4.69, 9.17) is 4.74 Å². The van der Waals surface area contributed by atoms with Crippen LogP contribution in [-0.4, -0.2) is 48.1 Å². The number of aliphatic imine (C=N–C) groups is 1. The average Bonchev–Trinajstić information content (AvgIpc) is 2.98. The summed E-state index contributed by atoms with van der Waals surface area (Å²) < 4.78 is 5.12. The number of carbonyl (C=O) groups excluding carboxylic acids is 4. The minimum atomic E-state index is -0.640. The summed E-state index contributed by atoms with van der Waals surface area (Å²) in [4.78, 5) is 54.5. The van der Waals surface area contributed by atoms with Gasteiger partial charge in [-0.05, 0) is 29.8 Å². The molecule has 1 atom stereocenters. The average molecular weight is 406 g/mol. The Hall–Kier alpha value is -4.01. The van der Waals surface area contributed by atoms with Crippen LogP contribution in [0.3, 0.4) is 0 Å². The molecule has 0 saturated carbocycles. The van der Waals surface area contributed by atoms with Crippen LogP contribution in [0.5, 0.6) is 5.75 Å². The normalized spacial score (nSPS) is 17.9. The molecule has 0 aromatic heterocycles. The number of imide groups is 1. The maximum Gasteiger partial charge on any atom is 0.262 e. The molecule has 152 valence electrons. The molecule has 2 aromatic carbocycles. The quantitative estimate of drug-likeness (QED) is 0.736. The standard InChI is InChI=1S/C21H18N4O5/c1-30-13-8-6-12(7-9-13)16-10-17(26)23-21(22-16)24-18(27)11-25-19(28)14-4-2-3-5-15(14)20(25)29/h2-9,16H,10-11H2,1H3,(H2,22,23,24,26,27). The van der Waals surface area contributed by atoms with E-state index in [1.54, 1.807) is 55.6 Å². The molecule has 0 saturated heterocycles. The van der Waals surface area contributed by atoms with Gasteiger partial charge in [0.25, 0.3) is 11.8 Å². The van der Waals surface area contributed by atoms with Crippen LogP contribution in [0.4, 0.5) is 0 Å². The largest absolute Gasteiger partial charge is 0.497 e. The van der Waals surface area contributed by atoms with E-state index < -0.39 is 30.3 Å². The SMILES string of the molecule is COc1ccc(C2CC(=O)NC(NC(=O)CN3C(=O)c4ccccc4C3=O)=N2)cc1. The van der Waals surface area contributed by atoms with Gasteiger partial charge in [0.1, 0.15) is 12.3 Å². The van der Waals surface area contributed by atoms with Crippen LogP contribution in [0.2, 0.25) is 0 Å². The third-order valence-corrected chi connectivity index (χ3v) is 4.86. The number of carbonyl (C=O) groups is 4. The third-order valence-electron chi connectivity index (χ3n) is 4.86. The van der Waals surface area contributed by atoms with Gasteiger partial charge in [-0.25, -0.2) is 4.99 Å². The number of rotatable bonds is 4. The lowest BCUT2D eigenvalue weighted by atomic mass is 10.0. The highest BCUT2D eigenvalue weighted by Gasteiger charge is 2.36. The van der Waals surface area contributed by atoms with Crippen molar-refractivity contribution in [1.29, 1.82) is 0 Å². The number of nitrogens with zero attached hydrogens (tertiary/aromatic N) is 2. The van der Waals surface area contributed by atoms with Gasteiger partial charge in [-0.1, -0.05) is 24.3 Å². The smallest absolute Gasteiger partial charge is 0.262 e. The zero-order valence-electron chi connectivity index (χ0n) is 16.0. The van der Waals surface area contributed by atoms with Crippen molar-refractivity contribution in [3.8, 4) is 5.75 Å². The van der Waals surface area contributed by atoms with E-state index in [0.29, 0.717) is 5.75 Å². The second kappa shape index (κ2) is 7.78. The maximum absolute atomic E-state index is 12.4. The Bertz CT molecular complexity index is 1040. The summed E-state index contributed by atoms with van der Waals surface area (Å²) in [5.41, 5.74) is 1.31. The molecule has 2 N–H and O–H groups in total. The first-order valence-electron chi connectivity index (χ1n) is 9.23. The van der Waals surface area contributed by atoms with Crippen LogP contribution in [0.1, 0.15) is 38.7 Å². The second-order valence-corrected chi connectivity index (χ2v) is 6.81. The molecule has 9 nitrogen and oxygen atoms in total. The van der Waals surface area contributed by atoms with Gasteiger partial charge in [-0.2, -0.15) is 0 Å². The van der Waals surface area contributed by atoms with Crippen LogP contribution in [0.25, 0.3) is 0 Å². The van der Waals surface area contributed by atoms with Crippen LogP contribution in [0, 0.1) is 0 Å². The number of ether oxygens (including phenoxy) is 1. The number of amides is 4. The highest BCUT2D eigenvalue weighted by Crippen LogP contribution is 2.25. The Balaban J connectivity index is 1.46. The van der Waals surface area contributed by atoms with E-state index in [-0.39, 0.29) is 29.4 Å². The molecule has 30 heavy (non-hydrogen) atoms. The summed E-state index contributed by atoms with van der Waals surface area (Å²) in [7, 11) is 1.56. The first kappa shape index (κ1) is 19.3. The zero-order chi connectivity index (χ0) is 21.3. The van der Waals surface area contributed by atoms with Crippen molar-refractivity contribution >= 4 is 29.6 Å². The van der Waals surface area contributed by atoms with Gasteiger partial charge in [-0.3, -0.25) is 34.7 Å². The number of fused-ring (bicyclic) bond motifs is 1. The number of hydrogen-bond donors (Lipinski definition) is 2. The van der Waals surface area contributed by atoms with Crippen LogP contribution in [-0.2, 0) is 9.59 Å². The molecule has 4 amide bonds. The Kier molecular flexibility index (Phi) is 5.01. The van der Waals surface area contributed by atoms with E-state index in [9.17, 15) is 19.2 Å². The predicted octanol–water partition coefficient (Wildman–Crippen LogP) is 1.02. The number of benzene rings is 2. The van der Waals surface area contributed by atoms with Crippen molar-refractivity contribution in [2.24, 2.45) is 4.99 Å². The molecular weight excluding hydrogens is 388 g/mol. The maximum atomic E-state index is 12.4. The zero-order valence-corrected chi connectivity index (χ0v) is 16.0. The number of methoxy groups -OCH3 is 1. The van der Waals surface area contributed by atoms with Crippen molar-refractivity contribution in [1.82, 2.24) is 15.5 Å². The molecule has 0 bridgehead atoms. The van der Waals surface area contributed by atoms with Crippen molar-refractivity contribution in [2.45, 2.75) is 12.5 Å². The molecule has 0 spiro atoms. The van der Waals surface area contributed by atoms with Crippen LogP contribution >= 0.6 is 0 Å². The Labute approximate surface area is 171 Å². The molecular formula is C21H18N4O5. The summed E-state index contributed by atoms with van der Waals surface area (Å²) in [6.45, 7) is -0.478. The molecule has 2 heterocycles. The van der Waals surface area contributed by atoms with Crippen molar-refractivity contribution in [3.63, 3.8) is 0 Å². The van der Waals surface area contributed by atoms with E-state index >= 15 is 0 Å². The monoisotopic (exact) mass is 406 g/mol. The summed E-state index contributed by atoms with van der Waals surface area (Å²) in [5.74, 6) is -1.35. The van der Waals surface area contributed by atoms with Gasteiger partial charge < -0.3 is 4.74 Å². The third kappa shape index (κ3) is 3.64. The fourth-order valence-electron chi connectivity index (χ4n) is 3.37. The minimum absolute atomic E-state index is 0.0197. The fourth-order valence-corrected chi connectivity index (χ4v) is 3.37. The molecule has 9 heteroatoms. The Morgan fingerprint density at radius 2 is 1.73 bits per heavy atom. The lowest BCUT2D eigenvalue weighted by Crippen LogP contribution is -2.50. The van der Waals surface area contributed by atoms with Gasteiger partial charge in [0, 0.05) is 0 Å². The van der Waals surface area contributed by atoms with E-state index in [2.05, 4.69) is 15.6 Å². The van der Waals surface area contributed by atoms with E-state index in [1.165, 1.54) is 0 Å². The van der Waals surface area contributed by atoms with Gasteiger partial charge in [-0.15, -0.1) is 0 Å². The van der Waals surface area contributed by atoms with Crippen molar-refractivity contribution in [2.75, 3.05) is 13.7 Å². The molecule has 0 aliphatic carbocycles. The number of nitrogens with one attached hydrogen (secondary N) is 2. The number of hydrogen-bond acceptors (Lipinski definition) is 6. The molecule has 0 fully saturated rings. The van der Waals surface area contributed by atoms with Gasteiger partial charge >= 0.3 is 0 Å². The van der Waals surface area contributed by atoms with Crippen LogP contribution < -0.4 is 15.4 Å². The lowest BCUT2D eigenvalue weighted by molar-refractivity contribution is -0.121. The van der Waals surface area contributed by atoms with E-state index in [1.807, 2.05) is 0 Å². The first-order chi connectivity index (χ1) is 14.5. The Morgan fingerprint density at radius 3 is 2.33 bits per heavy atom. The van der Waals surface area contributed by atoms with Gasteiger partial charge in [0.15, 0.2) is 0 Å². The van der Waals surface area contributed by atoms with Crippen molar-refractivity contribution < 1.29 is 23.9 Å². The predicted molar refractivity (Wildman–Crippen MR) is 106 cm³/mol. The Morgan fingerprint density at radius 1 is 1.10 bits per heavy atom. The van der Waals surface area contributed by atoms with Crippen molar-refractivity contribution in [3.05, 3.63) is 65.2 Å². The van der Waals surface area contributed by atoms with Gasteiger partial charge in [0.2, 0.25) is 17.8 Å². The summed E-state index contributed by atoms with van der Waals surface area (Å²) in [6, 6.07) is 13.0. The summed E-state index contributed by atoms with van der Waals surface area (Å²) in [6.07, 6.45) is 0.129. The van der Waals surface area contributed by atoms with Crippen LogP contribution in [0.15, 0.2) is 53.5 Å². The molecule has 1 unspecified atom stereocenters. The molecule has 0 radical (unpaired) electrons. The summed E-state index contributed by atoms with van der Waals surface area (Å²) in [5, 5.41) is 4.97. The number of guanidine groups is 1. The molecule has 4 rings (SSSR count). The van der Waals surface area contributed by atoms with E-state index in [0.717, 1.165) is 10.5 Å². The topological polar surface area (TPSA) is 117 Å². The molecule has 2 aliphatic rings.